The molecule has 1 amide bonds. The summed E-state index contributed by atoms with van der Waals surface area (Å²) in [4.78, 5) is 34.1. The van der Waals surface area contributed by atoms with E-state index in [1.165, 1.54) is 0 Å². The number of ether oxygens (including phenoxy) is 2. The Morgan fingerprint density at radius 1 is 1.17 bits per heavy atom. The molecule has 188 valence electrons. The fraction of sp³-hybridized carbons (Fsp3) is 0.400. The van der Waals surface area contributed by atoms with Crippen molar-refractivity contribution >= 4 is 11.7 Å². The van der Waals surface area contributed by atoms with E-state index in [2.05, 4.69) is 20.2 Å². The molecule has 1 aromatic carbocycles. The van der Waals surface area contributed by atoms with Crippen LogP contribution in [0.25, 0.3) is 28.5 Å². The van der Waals surface area contributed by atoms with Crippen LogP contribution in [0.1, 0.15) is 45.2 Å². The Hall–Kier alpha value is -4.15. The third kappa shape index (κ3) is 4.68. The van der Waals surface area contributed by atoms with Crippen LogP contribution in [0.15, 0.2) is 45.8 Å². The molecular formula is C25H28N6O5. The van der Waals surface area contributed by atoms with Gasteiger partial charge in [-0.25, -0.2) is 9.31 Å². The summed E-state index contributed by atoms with van der Waals surface area (Å²) in [5.74, 6) is 1.45. The summed E-state index contributed by atoms with van der Waals surface area (Å²) in [6.07, 6.45) is 2.67. The van der Waals surface area contributed by atoms with E-state index in [0.717, 1.165) is 17.0 Å². The highest BCUT2D eigenvalue weighted by Gasteiger charge is 2.29. The third-order valence-electron chi connectivity index (χ3n) is 6.10. The van der Waals surface area contributed by atoms with E-state index in [0.29, 0.717) is 43.0 Å². The molecule has 1 N–H and O–H groups in total. The second-order valence-electron chi connectivity index (χ2n) is 9.77. The van der Waals surface area contributed by atoms with Crippen LogP contribution in [0.4, 0.5) is 4.79 Å². The maximum atomic E-state index is 12.6. The summed E-state index contributed by atoms with van der Waals surface area (Å²) in [7, 11) is 1.60. The lowest BCUT2D eigenvalue weighted by atomic mass is 9.93. The lowest BCUT2D eigenvalue weighted by Gasteiger charge is -2.33. The van der Waals surface area contributed by atoms with E-state index >= 15 is 0 Å². The largest absolute Gasteiger partial charge is 0.497 e. The Bertz CT molecular complexity index is 1440. The molecule has 1 aliphatic rings. The Morgan fingerprint density at radius 3 is 2.56 bits per heavy atom. The molecule has 0 aliphatic carbocycles. The summed E-state index contributed by atoms with van der Waals surface area (Å²) in [5, 5.41) is 8.60. The lowest BCUT2D eigenvalue weighted by molar-refractivity contribution is 0.0203. The maximum Gasteiger partial charge on any atom is 0.410 e. The Morgan fingerprint density at radius 2 is 1.89 bits per heavy atom. The highest BCUT2D eigenvalue weighted by Crippen LogP contribution is 2.31. The van der Waals surface area contributed by atoms with Gasteiger partial charge in [-0.1, -0.05) is 5.16 Å². The maximum absolute atomic E-state index is 12.6. The predicted molar refractivity (Wildman–Crippen MR) is 131 cm³/mol. The smallest absolute Gasteiger partial charge is 0.410 e. The van der Waals surface area contributed by atoms with E-state index < -0.39 is 5.60 Å². The molecule has 4 heterocycles. The minimum atomic E-state index is -0.541. The van der Waals surface area contributed by atoms with Crippen LogP contribution >= 0.6 is 0 Å². The molecule has 0 bridgehead atoms. The first-order chi connectivity index (χ1) is 17.2. The number of aromatic nitrogens is 5. The summed E-state index contributed by atoms with van der Waals surface area (Å²) >= 11 is 0. The van der Waals surface area contributed by atoms with E-state index in [9.17, 15) is 9.59 Å². The first-order valence-corrected chi connectivity index (χ1v) is 11.8. The quantitative estimate of drug-likeness (QED) is 0.455. The van der Waals surface area contributed by atoms with Crippen LogP contribution in [0.5, 0.6) is 5.75 Å². The van der Waals surface area contributed by atoms with Crippen molar-refractivity contribution in [1.29, 1.82) is 0 Å². The Kier molecular flexibility index (Phi) is 5.99. The fourth-order valence-electron chi connectivity index (χ4n) is 4.33. The van der Waals surface area contributed by atoms with Gasteiger partial charge in [0.05, 0.1) is 19.0 Å². The zero-order chi connectivity index (χ0) is 25.4. The normalized spacial score (nSPS) is 14.8. The average molecular weight is 493 g/mol. The molecule has 0 atom stereocenters. The Balaban J connectivity index is 1.39. The van der Waals surface area contributed by atoms with E-state index in [4.69, 9.17) is 14.0 Å². The number of H-pyrrole nitrogens is 1. The molecule has 1 saturated heterocycles. The molecule has 0 radical (unpaired) electrons. The van der Waals surface area contributed by atoms with Crippen LogP contribution in [0.3, 0.4) is 0 Å². The van der Waals surface area contributed by atoms with Crippen LogP contribution in [0.2, 0.25) is 0 Å². The number of likely N-dealkylation sites (tertiary alicyclic amines) is 1. The number of piperidine rings is 1. The van der Waals surface area contributed by atoms with Crippen LogP contribution < -0.4 is 10.3 Å². The highest BCUT2D eigenvalue weighted by atomic mass is 16.6. The number of amides is 1. The number of fused-ring (bicyclic) bond motifs is 1. The molecule has 1 fully saturated rings. The van der Waals surface area contributed by atoms with Crippen molar-refractivity contribution in [2.24, 2.45) is 0 Å². The highest BCUT2D eigenvalue weighted by molar-refractivity contribution is 5.72. The van der Waals surface area contributed by atoms with Crippen molar-refractivity contribution < 1.29 is 18.8 Å². The summed E-state index contributed by atoms with van der Waals surface area (Å²) in [5.41, 5.74) is 1.78. The van der Waals surface area contributed by atoms with Gasteiger partial charge in [0.15, 0.2) is 0 Å². The van der Waals surface area contributed by atoms with E-state index in [1.54, 1.807) is 28.8 Å². The average Bonchev–Trinajstić information content (AvgIpc) is 3.50. The monoisotopic (exact) mass is 492 g/mol. The van der Waals surface area contributed by atoms with Gasteiger partial charge in [-0.2, -0.15) is 10.1 Å². The third-order valence-corrected chi connectivity index (χ3v) is 6.10. The number of hydrogen-bond donors (Lipinski definition) is 1. The van der Waals surface area contributed by atoms with Gasteiger partial charge in [0.2, 0.25) is 5.82 Å². The number of benzene rings is 1. The number of methoxy groups -OCH3 is 1. The predicted octanol–water partition coefficient (Wildman–Crippen LogP) is 3.86. The van der Waals surface area contributed by atoms with Crippen molar-refractivity contribution in [2.75, 3.05) is 20.2 Å². The van der Waals surface area contributed by atoms with Gasteiger partial charge in [0.25, 0.3) is 11.4 Å². The second kappa shape index (κ2) is 9.14. The summed E-state index contributed by atoms with van der Waals surface area (Å²) in [6, 6.07) is 8.88. The first kappa shape index (κ1) is 23.6. The molecule has 0 saturated carbocycles. The van der Waals surface area contributed by atoms with Crippen LogP contribution in [0, 0.1) is 0 Å². The Labute approximate surface area is 207 Å². The van der Waals surface area contributed by atoms with Gasteiger partial charge in [0, 0.05) is 30.6 Å². The van der Waals surface area contributed by atoms with Gasteiger partial charge in [-0.05, 0) is 57.9 Å². The second-order valence-corrected chi connectivity index (χ2v) is 9.77. The van der Waals surface area contributed by atoms with Crippen LogP contribution in [-0.4, -0.2) is 61.5 Å². The molecular weight excluding hydrogens is 464 g/mol. The van der Waals surface area contributed by atoms with E-state index in [1.807, 2.05) is 45.0 Å². The molecule has 0 unspecified atom stereocenters. The van der Waals surface area contributed by atoms with Crippen molar-refractivity contribution in [3.05, 3.63) is 52.6 Å². The number of rotatable bonds is 4. The minimum absolute atomic E-state index is 0.0544. The zero-order valence-corrected chi connectivity index (χ0v) is 20.6. The molecule has 0 spiro atoms. The number of nitrogens with one attached hydrogen (secondary N) is 1. The van der Waals surface area contributed by atoms with Crippen LogP contribution in [-0.2, 0) is 4.74 Å². The van der Waals surface area contributed by atoms with Crippen molar-refractivity contribution in [3.63, 3.8) is 0 Å². The topological polar surface area (TPSA) is 128 Å². The van der Waals surface area contributed by atoms with Gasteiger partial charge in [0.1, 0.15) is 22.6 Å². The van der Waals surface area contributed by atoms with E-state index in [-0.39, 0.29) is 23.5 Å². The van der Waals surface area contributed by atoms with Gasteiger partial charge >= 0.3 is 6.09 Å². The molecule has 11 nitrogen and oxygen atoms in total. The SMILES string of the molecule is COc1ccc(-c2noc(-c3cnn4c(C5CCN(C(=O)OC(C)(C)C)CC5)cc(=O)[nH]c34)n2)cc1. The van der Waals surface area contributed by atoms with Crippen molar-refractivity contribution in [2.45, 2.75) is 45.1 Å². The standard InChI is InChI=1S/C25H28N6O5/c1-25(2,3)35-24(33)30-11-9-15(10-12-30)19-13-20(32)27-22-18(14-26-31(19)22)23-28-21(29-36-23)16-5-7-17(34-4)8-6-16/h5-8,13-15H,9-12H2,1-4H3,(H,27,32). The molecule has 1 aliphatic heterocycles. The number of nitrogens with zero attached hydrogens (tertiary/aromatic N) is 5. The summed E-state index contributed by atoms with van der Waals surface area (Å²) < 4.78 is 17.9. The minimum Gasteiger partial charge on any atom is -0.497 e. The van der Waals surface area contributed by atoms with Crippen molar-refractivity contribution in [1.82, 2.24) is 29.6 Å². The van der Waals surface area contributed by atoms with Gasteiger partial charge < -0.3 is 23.9 Å². The molecule has 3 aromatic heterocycles. The molecule has 11 heteroatoms. The summed E-state index contributed by atoms with van der Waals surface area (Å²) in [6.45, 7) is 6.63. The van der Waals surface area contributed by atoms with Gasteiger partial charge in [-0.3, -0.25) is 4.79 Å². The number of aromatic amines is 1. The fourth-order valence-corrected chi connectivity index (χ4v) is 4.33. The zero-order valence-electron chi connectivity index (χ0n) is 20.6. The molecule has 5 rings (SSSR count). The lowest BCUT2D eigenvalue weighted by Crippen LogP contribution is -2.41. The van der Waals surface area contributed by atoms with Crippen molar-refractivity contribution in [3.8, 4) is 28.6 Å². The van der Waals surface area contributed by atoms with Gasteiger partial charge in [-0.15, -0.1) is 0 Å². The first-order valence-electron chi connectivity index (χ1n) is 11.8. The number of hydrogen-bond acceptors (Lipinski definition) is 8. The number of carbonyl (C=O) groups is 1. The molecule has 4 aromatic rings. The molecule has 36 heavy (non-hydrogen) atoms. The number of carbonyl (C=O) groups excluding carboxylic acids is 1.